The van der Waals surface area contributed by atoms with Gasteiger partial charge in [0.1, 0.15) is 0 Å². The van der Waals surface area contributed by atoms with Gasteiger partial charge in [-0.3, -0.25) is 4.98 Å². The topological polar surface area (TPSA) is 28.2 Å². The van der Waals surface area contributed by atoms with Gasteiger partial charge in [0, 0.05) is 30.7 Å². The van der Waals surface area contributed by atoms with E-state index in [0.717, 1.165) is 17.8 Å². The van der Waals surface area contributed by atoms with Crippen LogP contribution in [0.2, 0.25) is 0 Å². The highest BCUT2D eigenvalue weighted by Gasteiger charge is 2.13. The molecule has 0 bridgehead atoms. The summed E-state index contributed by atoms with van der Waals surface area (Å²) < 4.78 is 0. The van der Waals surface area contributed by atoms with E-state index < -0.39 is 0 Å². The maximum absolute atomic E-state index is 4.77. The van der Waals surface area contributed by atoms with Crippen LogP contribution in [0.1, 0.15) is 37.8 Å². The number of aromatic nitrogens is 1. The lowest BCUT2D eigenvalue weighted by atomic mass is 10.1. The minimum absolute atomic E-state index is 0.825. The third-order valence-corrected chi connectivity index (χ3v) is 4.30. The fraction of sp³-hybridized carbons (Fsp3) is 0.500. The second kappa shape index (κ2) is 6.90. The van der Waals surface area contributed by atoms with Crippen molar-refractivity contribution in [1.82, 2.24) is 10.3 Å². The average molecular weight is 283 g/mol. The van der Waals surface area contributed by atoms with Gasteiger partial charge >= 0.3 is 0 Å². The van der Waals surface area contributed by atoms with Crippen LogP contribution in [0.25, 0.3) is 10.9 Å². The number of hydrogen-bond donors (Lipinski definition) is 1. The first kappa shape index (κ1) is 14.3. The second-order valence-electron chi connectivity index (χ2n) is 5.94. The molecule has 0 unspecified atom stereocenters. The van der Waals surface area contributed by atoms with Crippen LogP contribution in [-0.4, -0.2) is 25.1 Å². The smallest absolute Gasteiger partial charge is 0.0726 e. The summed E-state index contributed by atoms with van der Waals surface area (Å²) in [4.78, 5) is 7.34. The van der Waals surface area contributed by atoms with Crippen LogP contribution in [0.5, 0.6) is 0 Å². The molecule has 3 rings (SSSR count). The zero-order valence-electron chi connectivity index (χ0n) is 12.9. The molecule has 0 aliphatic carbocycles. The van der Waals surface area contributed by atoms with Crippen LogP contribution in [0, 0.1) is 0 Å². The largest absolute Gasteiger partial charge is 0.371 e. The van der Waals surface area contributed by atoms with Gasteiger partial charge in [0.05, 0.1) is 11.2 Å². The van der Waals surface area contributed by atoms with E-state index in [1.807, 2.05) is 7.05 Å². The summed E-state index contributed by atoms with van der Waals surface area (Å²) in [5.41, 5.74) is 3.61. The maximum Gasteiger partial charge on any atom is 0.0726 e. The van der Waals surface area contributed by atoms with Crippen molar-refractivity contribution >= 4 is 16.6 Å². The Morgan fingerprint density at radius 3 is 2.52 bits per heavy atom. The molecule has 0 radical (unpaired) electrons. The van der Waals surface area contributed by atoms with E-state index in [-0.39, 0.29) is 0 Å². The minimum atomic E-state index is 0.825. The highest BCUT2D eigenvalue weighted by Crippen LogP contribution is 2.28. The van der Waals surface area contributed by atoms with E-state index in [2.05, 4.69) is 40.5 Å². The molecule has 2 aromatic rings. The van der Waals surface area contributed by atoms with E-state index in [1.54, 1.807) is 0 Å². The lowest BCUT2D eigenvalue weighted by molar-refractivity contribution is 0.557. The predicted molar refractivity (Wildman–Crippen MR) is 89.8 cm³/mol. The van der Waals surface area contributed by atoms with Crippen molar-refractivity contribution in [2.45, 2.75) is 38.6 Å². The van der Waals surface area contributed by atoms with Crippen molar-refractivity contribution in [3.63, 3.8) is 0 Å². The Morgan fingerprint density at radius 1 is 1.05 bits per heavy atom. The summed E-state index contributed by atoms with van der Waals surface area (Å²) >= 11 is 0. The van der Waals surface area contributed by atoms with Gasteiger partial charge in [0.15, 0.2) is 0 Å². The normalized spacial score (nSPS) is 16.7. The summed E-state index contributed by atoms with van der Waals surface area (Å²) in [7, 11) is 1.98. The summed E-state index contributed by atoms with van der Waals surface area (Å²) in [5, 5.41) is 4.51. The molecule has 0 atom stereocenters. The van der Waals surface area contributed by atoms with Crippen LogP contribution in [-0.2, 0) is 6.54 Å². The zero-order chi connectivity index (χ0) is 14.5. The first-order valence-corrected chi connectivity index (χ1v) is 8.17. The van der Waals surface area contributed by atoms with Gasteiger partial charge in [0.2, 0.25) is 0 Å². The Labute approximate surface area is 127 Å². The van der Waals surface area contributed by atoms with Crippen molar-refractivity contribution in [2.24, 2.45) is 0 Å². The van der Waals surface area contributed by atoms with Gasteiger partial charge < -0.3 is 10.2 Å². The number of anilines is 1. The van der Waals surface area contributed by atoms with E-state index in [9.17, 15) is 0 Å². The van der Waals surface area contributed by atoms with Crippen molar-refractivity contribution in [1.29, 1.82) is 0 Å². The van der Waals surface area contributed by atoms with E-state index in [4.69, 9.17) is 4.98 Å². The summed E-state index contributed by atoms with van der Waals surface area (Å²) in [6.07, 6.45) is 6.73. The highest BCUT2D eigenvalue weighted by atomic mass is 15.1. The van der Waals surface area contributed by atoms with Crippen LogP contribution in [0.4, 0.5) is 5.69 Å². The van der Waals surface area contributed by atoms with Crippen LogP contribution < -0.4 is 10.2 Å². The number of fused-ring (bicyclic) bond motifs is 1. The van der Waals surface area contributed by atoms with E-state index >= 15 is 0 Å². The zero-order valence-corrected chi connectivity index (χ0v) is 12.9. The molecular formula is C18H25N3. The molecule has 3 nitrogen and oxygen atoms in total. The lowest BCUT2D eigenvalue weighted by Gasteiger charge is -2.28. The number of pyridine rings is 1. The molecule has 21 heavy (non-hydrogen) atoms. The summed E-state index contributed by atoms with van der Waals surface area (Å²) in [5.74, 6) is 0. The number of para-hydroxylation sites is 1. The molecule has 1 aliphatic rings. The Hall–Kier alpha value is -1.61. The van der Waals surface area contributed by atoms with Crippen LogP contribution in [0.3, 0.4) is 0 Å². The molecule has 1 saturated heterocycles. The number of benzene rings is 1. The van der Waals surface area contributed by atoms with Gasteiger partial charge in [-0.2, -0.15) is 0 Å². The first-order chi connectivity index (χ1) is 10.4. The quantitative estimate of drug-likeness (QED) is 0.930. The van der Waals surface area contributed by atoms with Gasteiger partial charge in [-0.25, -0.2) is 0 Å². The second-order valence-corrected chi connectivity index (χ2v) is 5.94. The summed E-state index contributed by atoms with van der Waals surface area (Å²) in [6, 6.07) is 10.8. The van der Waals surface area contributed by atoms with Crippen LogP contribution >= 0.6 is 0 Å². The molecule has 112 valence electrons. The standard InChI is InChI=1S/C18H25N3/c1-19-14-15-13-18(16-9-5-6-10-17(16)20-15)21-11-7-3-2-4-8-12-21/h5-6,9-10,13,19H,2-4,7-8,11-12,14H2,1H3. The Balaban J connectivity index is 2.01. The molecule has 0 amide bonds. The number of nitrogens with zero attached hydrogens (tertiary/aromatic N) is 2. The van der Waals surface area contributed by atoms with Crippen molar-refractivity contribution in [2.75, 3.05) is 25.0 Å². The molecule has 1 aromatic carbocycles. The molecule has 2 heterocycles. The Morgan fingerprint density at radius 2 is 1.76 bits per heavy atom. The molecule has 1 fully saturated rings. The number of nitrogens with one attached hydrogen (secondary N) is 1. The molecule has 0 saturated carbocycles. The molecule has 1 aromatic heterocycles. The molecular weight excluding hydrogens is 258 g/mol. The molecule has 0 spiro atoms. The van der Waals surface area contributed by atoms with E-state index in [1.165, 1.54) is 56.3 Å². The monoisotopic (exact) mass is 283 g/mol. The first-order valence-electron chi connectivity index (χ1n) is 8.17. The predicted octanol–water partition coefficient (Wildman–Crippen LogP) is 3.72. The van der Waals surface area contributed by atoms with Gasteiger partial charge in [-0.1, -0.05) is 37.5 Å². The third kappa shape index (κ3) is 3.35. The fourth-order valence-electron chi connectivity index (χ4n) is 3.23. The van der Waals surface area contributed by atoms with Crippen molar-refractivity contribution in [3.8, 4) is 0 Å². The highest BCUT2D eigenvalue weighted by molar-refractivity contribution is 5.92. The van der Waals surface area contributed by atoms with Crippen molar-refractivity contribution < 1.29 is 0 Å². The number of hydrogen-bond acceptors (Lipinski definition) is 3. The molecule has 1 N–H and O–H groups in total. The Kier molecular flexibility index (Phi) is 4.71. The fourth-order valence-corrected chi connectivity index (χ4v) is 3.23. The van der Waals surface area contributed by atoms with Gasteiger partial charge in [0.25, 0.3) is 0 Å². The Bertz CT molecular complexity index is 586. The molecule has 1 aliphatic heterocycles. The maximum atomic E-state index is 4.77. The van der Waals surface area contributed by atoms with E-state index in [0.29, 0.717) is 0 Å². The average Bonchev–Trinajstić information content (AvgIpc) is 2.47. The van der Waals surface area contributed by atoms with Crippen LogP contribution in [0.15, 0.2) is 30.3 Å². The minimum Gasteiger partial charge on any atom is -0.371 e. The SMILES string of the molecule is CNCc1cc(N2CCCCCCC2)c2ccccc2n1. The summed E-state index contributed by atoms with van der Waals surface area (Å²) in [6.45, 7) is 3.17. The molecule has 3 heteroatoms. The third-order valence-electron chi connectivity index (χ3n) is 4.30. The lowest BCUT2D eigenvalue weighted by Crippen LogP contribution is -2.27. The number of rotatable bonds is 3. The van der Waals surface area contributed by atoms with Gasteiger partial charge in [-0.15, -0.1) is 0 Å². The van der Waals surface area contributed by atoms with Gasteiger partial charge in [-0.05, 0) is 32.0 Å². The van der Waals surface area contributed by atoms with Crippen molar-refractivity contribution in [3.05, 3.63) is 36.0 Å².